The Morgan fingerprint density at radius 2 is 2.05 bits per heavy atom. The van der Waals surface area contributed by atoms with Gasteiger partial charge in [0.05, 0.1) is 63.1 Å². The molecule has 41 heavy (non-hydrogen) atoms. The number of β-amino-alcohol motifs (C(OH)–C–C–N with tert-alkyl or cyclic N) is 1. The van der Waals surface area contributed by atoms with Crippen molar-refractivity contribution < 1.29 is 24.1 Å². The number of nitrogens with one attached hydrogen (secondary N) is 5. The molecule has 0 aromatic rings. The molecule has 0 radical (unpaired) electrons. The number of aliphatic hydroxyl groups is 1. The van der Waals surface area contributed by atoms with Gasteiger partial charge in [0, 0.05) is 32.1 Å². The Morgan fingerprint density at radius 3 is 2.76 bits per heavy atom. The van der Waals surface area contributed by atoms with Crippen molar-refractivity contribution in [2.24, 2.45) is 17.8 Å². The van der Waals surface area contributed by atoms with Gasteiger partial charge < -0.3 is 29.5 Å². The third-order valence-electron chi connectivity index (χ3n) is 10.2. The number of amides is 1. The van der Waals surface area contributed by atoms with Gasteiger partial charge in [0.1, 0.15) is 6.29 Å². The summed E-state index contributed by atoms with van der Waals surface area (Å²) in [5.74, 6) is 1.78. The van der Waals surface area contributed by atoms with Gasteiger partial charge in [-0.25, -0.2) is 0 Å². The Hall–Kier alpha value is -0.930. The quantitative estimate of drug-likeness (QED) is 0.171. The van der Waals surface area contributed by atoms with Gasteiger partial charge in [-0.2, -0.15) is 0 Å². The minimum absolute atomic E-state index is 0.0191. The summed E-state index contributed by atoms with van der Waals surface area (Å²) in [6, 6.07) is 0.333. The van der Waals surface area contributed by atoms with E-state index in [1.54, 1.807) is 0 Å². The maximum atomic E-state index is 13.2. The summed E-state index contributed by atoms with van der Waals surface area (Å²) in [5, 5.41) is 27.8. The molecular weight excluding hydrogens is 526 g/mol. The Balaban J connectivity index is 1.03. The Bertz CT molecular complexity index is 837. The topological polar surface area (TPSA) is 132 Å². The van der Waals surface area contributed by atoms with E-state index in [-0.39, 0.29) is 37.1 Å². The van der Waals surface area contributed by atoms with Crippen molar-refractivity contribution in [2.45, 2.75) is 95.3 Å². The van der Waals surface area contributed by atoms with Crippen LogP contribution in [0.15, 0.2) is 0 Å². The highest BCUT2D eigenvalue weighted by Crippen LogP contribution is 2.41. The van der Waals surface area contributed by atoms with Gasteiger partial charge in [0.2, 0.25) is 5.91 Å². The number of carbonyl (C=O) groups is 1. The average molecular weight is 582 g/mol. The van der Waals surface area contributed by atoms with E-state index in [1.165, 1.54) is 6.42 Å². The van der Waals surface area contributed by atoms with E-state index in [0.29, 0.717) is 75.5 Å². The largest absolute Gasteiger partial charge is 0.390 e. The average Bonchev–Trinajstić information content (AvgIpc) is 3.37. The molecule has 5 aliphatic rings. The van der Waals surface area contributed by atoms with Crippen LogP contribution >= 0.6 is 0 Å². The zero-order chi connectivity index (χ0) is 28.9. The van der Waals surface area contributed by atoms with Gasteiger partial charge in [-0.15, -0.1) is 0 Å². The van der Waals surface area contributed by atoms with Crippen LogP contribution in [0.3, 0.4) is 0 Å². The molecule has 10 atom stereocenters. The molecule has 0 aromatic heterocycles. The van der Waals surface area contributed by atoms with Crippen LogP contribution in [-0.4, -0.2) is 136 Å². The maximum absolute atomic E-state index is 13.2. The highest BCUT2D eigenvalue weighted by molar-refractivity contribution is 5.82. The summed E-state index contributed by atoms with van der Waals surface area (Å²) in [7, 11) is 2.03. The molecule has 12 nitrogen and oxygen atoms in total. The van der Waals surface area contributed by atoms with Gasteiger partial charge >= 0.3 is 0 Å². The standard InChI is InChI=1S/C29H55N7O5/c1-5-35(4)29-33-24(10-27(34-29)32-21-14-39-15-21)28(38)30-11-22(37)13-36-9-8-23-18(2)25(7-6-20(23)12-36)40-16-26-19(3)31-17-41-26/h18-27,29,31-34,37H,5-17H2,1-4H3,(H,30,38)/t18?,19?,20?,22-,23?,24?,25?,26?,27?,29?/m0/s1. The predicted molar refractivity (Wildman–Crippen MR) is 156 cm³/mol. The molecule has 1 amide bonds. The maximum Gasteiger partial charge on any atom is 0.237 e. The smallest absolute Gasteiger partial charge is 0.237 e. The molecule has 1 aliphatic carbocycles. The Kier molecular flexibility index (Phi) is 11.3. The zero-order valence-corrected chi connectivity index (χ0v) is 25.5. The molecule has 4 saturated heterocycles. The summed E-state index contributed by atoms with van der Waals surface area (Å²) >= 11 is 0. The number of hydrogen-bond acceptors (Lipinski definition) is 11. The Labute approximate surface area is 245 Å². The second-order valence-corrected chi connectivity index (χ2v) is 13.1. The second kappa shape index (κ2) is 14.7. The number of ether oxygens (including phenoxy) is 3. The van der Waals surface area contributed by atoms with Gasteiger partial charge in [-0.05, 0) is 64.1 Å². The third kappa shape index (κ3) is 8.17. The van der Waals surface area contributed by atoms with E-state index in [1.807, 2.05) is 7.05 Å². The molecule has 12 heteroatoms. The van der Waals surface area contributed by atoms with Crippen molar-refractivity contribution in [3.63, 3.8) is 0 Å². The van der Waals surface area contributed by atoms with Crippen LogP contribution < -0.4 is 26.6 Å². The first-order valence-electron chi connectivity index (χ1n) is 16.0. The summed E-state index contributed by atoms with van der Waals surface area (Å²) < 4.78 is 17.4. The lowest BCUT2D eigenvalue weighted by atomic mass is 9.68. The number of nitrogens with zero attached hydrogens (tertiary/aromatic N) is 2. The summed E-state index contributed by atoms with van der Waals surface area (Å²) in [5.41, 5.74) is 0. The normalized spacial score (nSPS) is 39.3. The fraction of sp³-hybridized carbons (Fsp3) is 0.966. The summed E-state index contributed by atoms with van der Waals surface area (Å²) in [6.45, 7) is 13.0. The molecule has 4 heterocycles. The molecule has 236 valence electrons. The van der Waals surface area contributed by atoms with Crippen LogP contribution in [0.1, 0.15) is 46.5 Å². The van der Waals surface area contributed by atoms with Crippen molar-refractivity contribution in [1.29, 1.82) is 0 Å². The Morgan fingerprint density at radius 1 is 1.22 bits per heavy atom. The van der Waals surface area contributed by atoms with Gasteiger partial charge in [-0.3, -0.25) is 31.0 Å². The van der Waals surface area contributed by atoms with Crippen LogP contribution in [-0.2, 0) is 19.0 Å². The summed E-state index contributed by atoms with van der Waals surface area (Å²) in [4.78, 5) is 17.7. The molecule has 4 aliphatic heterocycles. The van der Waals surface area contributed by atoms with Crippen molar-refractivity contribution in [2.75, 3.05) is 66.3 Å². The fourth-order valence-corrected chi connectivity index (χ4v) is 7.27. The first-order chi connectivity index (χ1) is 19.8. The van der Waals surface area contributed by atoms with Crippen LogP contribution in [0.2, 0.25) is 0 Å². The molecule has 0 bridgehead atoms. The SMILES string of the molecule is CCN(C)C1NC(NC2COC2)CC(C(=O)NC[C@H](O)CN2CCC3C(CCC(OCC4OCNC4C)C3C)C2)N1. The predicted octanol–water partition coefficient (Wildman–Crippen LogP) is -0.948. The molecule has 0 aromatic carbocycles. The van der Waals surface area contributed by atoms with Crippen LogP contribution in [0.25, 0.3) is 0 Å². The monoisotopic (exact) mass is 581 g/mol. The van der Waals surface area contributed by atoms with Crippen LogP contribution in [0, 0.1) is 17.8 Å². The second-order valence-electron chi connectivity index (χ2n) is 13.1. The molecule has 0 spiro atoms. The lowest BCUT2D eigenvalue weighted by molar-refractivity contribution is -0.126. The van der Waals surface area contributed by atoms with E-state index in [2.05, 4.69) is 57.2 Å². The van der Waals surface area contributed by atoms with Crippen molar-refractivity contribution in [1.82, 2.24) is 36.4 Å². The lowest BCUT2D eigenvalue weighted by Crippen LogP contribution is -2.71. The highest BCUT2D eigenvalue weighted by atomic mass is 16.6. The van der Waals surface area contributed by atoms with Gasteiger partial charge in [0.25, 0.3) is 0 Å². The molecule has 1 saturated carbocycles. The molecule has 9 unspecified atom stereocenters. The number of fused-ring (bicyclic) bond motifs is 1. The number of carbonyl (C=O) groups excluding carboxylic acids is 1. The fourth-order valence-electron chi connectivity index (χ4n) is 7.27. The van der Waals surface area contributed by atoms with Gasteiger partial charge in [-0.1, -0.05) is 13.8 Å². The molecule has 5 fully saturated rings. The van der Waals surface area contributed by atoms with Crippen LogP contribution in [0.5, 0.6) is 0 Å². The number of rotatable bonds is 12. The minimum atomic E-state index is -0.591. The summed E-state index contributed by atoms with van der Waals surface area (Å²) in [6.07, 6.45) is 3.80. The van der Waals surface area contributed by atoms with Crippen molar-refractivity contribution >= 4 is 5.91 Å². The van der Waals surface area contributed by atoms with Crippen LogP contribution in [0.4, 0.5) is 0 Å². The van der Waals surface area contributed by atoms with Gasteiger partial charge in [0.15, 0.2) is 0 Å². The highest BCUT2D eigenvalue weighted by Gasteiger charge is 2.41. The zero-order valence-electron chi connectivity index (χ0n) is 25.5. The molecule has 6 N–H and O–H groups in total. The number of aliphatic hydroxyl groups excluding tert-OH is 1. The third-order valence-corrected chi connectivity index (χ3v) is 10.2. The van der Waals surface area contributed by atoms with E-state index < -0.39 is 6.10 Å². The molecule has 5 rings (SSSR count). The van der Waals surface area contributed by atoms with E-state index >= 15 is 0 Å². The van der Waals surface area contributed by atoms with E-state index in [4.69, 9.17) is 14.2 Å². The number of piperidine rings is 1. The number of hydrogen-bond donors (Lipinski definition) is 6. The van der Waals surface area contributed by atoms with E-state index in [0.717, 1.165) is 32.5 Å². The first-order valence-corrected chi connectivity index (χ1v) is 16.0. The molecular formula is C29H55N7O5. The first kappa shape index (κ1) is 31.5. The van der Waals surface area contributed by atoms with Crippen molar-refractivity contribution in [3.05, 3.63) is 0 Å². The van der Waals surface area contributed by atoms with Crippen molar-refractivity contribution in [3.8, 4) is 0 Å². The lowest BCUT2D eigenvalue weighted by Gasteiger charge is -2.47. The van der Waals surface area contributed by atoms with E-state index in [9.17, 15) is 9.90 Å². The minimum Gasteiger partial charge on any atom is -0.390 e. The number of likely N-dealkylation sites (tertiary alicyclic amines) is 1.